The molecule has 0 saturated carbocycles. The SMILES string of the molecule is Nc1cccc(-c2cc3ccccc3o2)c1. The Morgan fingerprint density at radius 3 is 2.56 bits per heavy atom. The van der Waals surface area contributed by atoms with Crippen LogP contribution in [0.5, 0.6) is 0 Å². The number of anilines is 1. The number of nitrogen functional groups attached to an aromatic ring is 1. The van der Waals surface area contributed by atoms with Gasteiger partial charge in [-0.05, 0) is 24.3 Å². The lowest BCUT2D eigenvalue weighted by Gasteiger charge is -1.97. The largest absolute Gasteiger partial charge is 0.456 e. The highest BCUT2D eigenvalue weighted by Crippen LogP contribution is 2.28. The highest BCUT2D eigenvalue weighted by molar-refractivity contribution is 5.83. The summed E-state index contributed by atoms with van der Waals surface area (Å²) in [6, 6.07) is 17.7. The first-order valence-corrected chi connectivity index (χ1v) is 5.17. The van der Waals surface area contributed by atoms with E-state index in [-0.39, 0.29) is 0 Å². The van der Waals surface area contributed by atoms with Gasteiger partial charge >= 0.3 is 0 Å². The zero-order chi connectivity index (χ0) is 11.0. The Morgan fingerprint density at radius 1 is 0.875 bits per heavy atom. The number of benzene rings is 2. The van der Waals surface area contributed by atoms with Crippen molar-refractivity contribution in [3.8, 4) is 11.3 Å². The number of fused-ring (bicyclic) bond motifs is 1. The molecule has 0 amide bonds. The molecule has 16 heavy (non-hydrogen) atoms. The molecule has 1 aromatic heterocycles. The van der Waals surface area contributed by atoms with Gasteiger partial charge in [-0.3, -0.25) is 0 Å². The van der Waals surface area contributed by atoms with Gasteiger partial charge in [-0.1, -0.05) is 30.3 Å². The van der Waals surface area contributed by atoms with Crippen LogP contribution in [-0.2, 0) is 0 Å². The van der Waals surface area contributed by atoms with E-state index in [9.17, 15) is 0 Å². The summed E-state index contributed by atoms with van der Waals surface area (Å²) in [4.78, 5) is 0. The highest BCUT2D eigenvalue weighted by Gasteiger charge is 2.05. The van der Waals surface area contributed by atoms with Gasteiger partial charge in [0, 0.05) is 16.6 Å². The Morgan fingerprint density at radius 2 is 1.75 bits per heavy atom. The van der Waals surface area contributed by atoms with E-state index in [4.69, 9.17) is 10.2 Å². The van der Waals surface area contributed by atoms with Crippen LogP contribution in [0.1, 0.15) is 0 Å². The molecule has 0 atom stereocenters. The number of hydrogen-bond donors (Lipinski definition) is 1. The molecule has 3 rings (SSSR count). The first-order chi connectivity index (χ1) is 7.83. The molecule has 2 N–H and O–H groups in total. The maximum Gasteiger partial charge on any atom is 0.135 e. The molecule has 2 heteroatoms. The van der Waals surface area contributed by atoms with E-state index in [0.717, 1.165) is 28.0 Å². The molecule has 0 unspecified atom stereocenters. The zero-order valence-electron chi connectivity index (χ0n) is 8.68. The predicted octanol–water partition coefficient (Wildman–Crippen LogP) is 3.68. The van der Waals surface area contributed by atoms with Crippen molar-refractivity contribution in [1.82, 2.24) is 0 Å². The van der Waals surface area contributed by atoms with Crippen LogP contribution < -0.4 is 5.73 Å². The van der Waals surface area contributed by atoms with Crippen LogP contribution in [0, 0.1) is 0 Å². The van der Waals surface area contributed by atoms with Crippen molar-refractivity contribution in [2.75, 3.05) is 5.73 Å². The molecule has 0 bridgehead atoms. The van der Waals surface area contributed by atoms with Gasteiger partial charge in [-0.15, -0.1) is 0 Å². The molecule has 0 spiro atoms. The third-order valence-corrected chi connectivity index (χ3v) is 2.60. The molecule has 0 aliphatic carbocycles. The van der Waals surface area contributed by atoms with Crippen molar-refractivity contribution in [3.05, 3.63) is 54.6 Å². The van der Waals surface area contributed by atoms with Gasteiger partial charge in [-0.25, -0.2) is 0 Å². The summed E-state index contributed by atoms with van der Waals surface area (Å²) < 4.78 is 5.75. The van der Waals surface area contributed by atoms with Crippen molar-refractivity contribution in [3.63, 3.8) is 0 Å². The van der Waals surface area contributed by atoms with Crippen molar-refractivity contribution >= 4 is 16.7 Å². The van der Waals surface area contributed by atoms with Gasteiger partial charge in [0.05, 0.1) is 0 Å². The van der Waals surface area contributed by atoms with Crippen LogP contribution in [0.3, 0.4) is 0 Å². The molecule has 0 aliphatic rings. The second-order valence-electron chi connectivity index (χ2n) is 3.77. The summed E-state index contributed by atoms with van der Waals surface area (Å²) in [7, 11) is 0. The van der Waals surface area contributed by atoms with Crippen molar-refractivity contribution in [2.24, 2.45) is 0 Å². The Bertz CT molecular complexity index is 607. The first-order valence-electron chi connectivity index (χ1n) is 5.17. The molecule has 0 aliphatic heterocycles. The van der Waals surface area contributed by atoms with Gasteiger partial charge in [0.1, 0.15) is 11.3 Å². The quantitative estimate of drug-likeness (QED) is 0.621. The molecular weight excluding hydrogens is 198 g/mol. The monoisotopic (exact) mass is 209 g/mol. The minimum Gasteiger partial charge on any atom is -0.456 e. The predicted molar refractivity (Wildman–Crippen MR) is 66.1 cm³/mol. The Hall–Kier alpha value is -2.22. The maximum atomic E-state index is 5.75. The fraction of sp³-hybridized carbons (Fsp3) is 0. The number of nitrogens with two attached hydrogens (primary N) is 1. The summed E-state index contributed by atoms with van der Waals surface area (Å²) in [5, 5.41) is 1.11. The van der Waals surface area contributed by atoms with Crippen molar-refractivity contribution in [1.29, 1.82) is 0 Å². The Kier molecular flexibility index (Phi) is 1.93. The van der Waals surface area contributed by atoms with E-state index in [1.54, 1.807) is 0 Å². The summed E-state index contributed by atoms with van der Waals surface area (Å²) in [6.45, 7) is 0. The first kappa shape index (κ1) is 9.04. The topological polar surface area (TPSA) is 39.2 Å². The second kappa shape index (κ2) is 3.42. The number of furan rings is 1. The minimum absolute atomic E-state index is 0.748. The molecular formula is C14H11NO. The van der Waals surface area contributed by atoms with E-state index in [0.29, 0.717) is 0 Å². The molecule has 0 saturated heterocycles. The maximum absolute atomic E-state index is 5.75. The van der Waals surface area contributed by atoms with Gasteiger partial charge in [-0.2, -0.15) is 0 Å². The summed E-state index contributed by atoms with van der Waals surface area (Å²) in [6.07, 6.45) is 0. The number of rotatable bonds is 1. The van der Waals surface area contributed by atoms with Gasteiger partial charge in [0.25, 0.3) is 0 Å². The third kappa shape index (κ3) is 1.44. The molecule has 2 aromatic carbocycles. The molecule has 2 nitrogen and oxygen atoms in total. The summed E-state index contributed by atoms with van der Waals surface area (Å²) in [5.41, 5.74) is 8.41. The van der Waals surface area contributed by atoms with Crippen molar-refractivity contribution < 1.29 is 4.42 Å². The minimum atomic E-state index is 0.748. The third-order valence-electron chi connectivity index (χ3n) is 2.60. The zero-order valence-corrected chi connectivity index (χ0v) is 8.68. The number of hydrogen-bond acceptors (Lipinski definition) is 2. The van der Waals surface area contributed by atoms with Crippen LogP contribution in [0.4, 0.5) is 5.69 Å². The van der Waals surface area contributed by atoms with Crippen LogP contribution in [0.15, 0.2) is 59.0 Å². The number of para-hydroxylation sites is 1. The normalized spacial score (nSPS) is 10.8. The van der Waals surface area contributed by atoms with Crippen LogP contribution >= 0.6 is 0 Å². The summed E-state index contributed by atoms with van der Waals surface area (Å²) >= 11 is 0. The standard InChI is InChI=1S/C14H11NO/c15-12-6-3-5-10(8-12)14-9-11-4-1-2-7-13(11)16-14/h1-9H,15H2. The fourth-order valence-corrected chi connectivity index (χ4v) is 1.82. The van der Waals surface area contributed by atoms with Crippen LogP contribution in [-0.4, -0.2) is 0 Å². The fourth-order valence-electron chi connectivity index (χ4n) is 1.82. The van der Waals surface area contributed by atoms with E-state index in [1.807, 2.05) is 54.6 Å². The highest BCUT2D eigenvalue weighted by atomic mass is 16.3. The van der Waals surface area contributed by atoms with E-state index in [2.05, 4.69) is 0 Å². The van der Waals surface area contributed by atoms with Gasteiger partial charge in [0.15, 0.2) is 0 Å². The Balaban J connectivity index is 2.19. The van der Waals surface area contributed by atoms with E-state index >= 15 is 0 Å². The lowest BCUT2D eigenvalue weighted by molar-refractivity contribution is 0.631. The van der Waals surface area contributed by atoms with E-state index in [1.165, 1.54) is 0 Å². The molecule has 3 aromatic rings. The smallest absolute Gasteiger partial charge is 0.135 e. The van der Waals surface area contributed by atoms with Crippen LogP contribution in [0.25, 0.3) is 22.3 Å². The average Bonchev–Trinajstić information content (AvgIpc) is 2.72. The lowest BCUT2D eigenvalue weighted by atomic mass is 10.1. The lowest BCUT2D eigenvalue weighted by Crippen LogP contribution is -1.83. The van der Waals surface area contributed by atoms with Crippen LogP contribution in [0.2, 0.25) is 0 Å². The summed E-state index contributed by atoms with van der Waals surface area (Å²) in [5.74, 6) is 0.855. The molecule has 78 valence electrons. The second-order valence-corrected chi connectivity index (χ2v) is 3.77. The molecule has 1 heterocycles. The van der Waals surface area contributed by atoms with E-state index < -0.39 is 0 Å². The molecule has 0 fully saturated rings. The van der Waals surface area contributed by atoms with Crippen molar-refractivity contribution in [2.45, 2.75) is 0 Å². The van der Waals surface area contributed by atoms with Gasteiger partial charge in [0.2, 0.25) is 0 Å². The molecule has 0 radical (unpaired) electrons. The van der Waals surface area contributed by atoms with Gasteiger partial charge < -0.3 is 10.2 Å². The Labute approximate surface area is 93.3 Å². The average molecular weight is 209 g/mol.